The van der Waals surface area contributed by atoms with E-state index in [9.17, 15) is 9.18 Å². The Labute approximate surface area is 217 Å². The zero-order chi connectivity index (χ0) is 25.8. The molecule has 0 amide bonds. The third kappa shape index (κ3) is 5.79. The SMILES string of the molecule is C=C1c2ccc(C3=NCC(CC4=CCCC=C4)C3)cc2N=C(CCCCC(=O)O)N1c1ccc(F)cc1. The van der Waals surface area contributed by atoms with Gasteiger partial charge in [-0.25, -0.2) is 9.38 Å². The van der Waals surface area contributed by atoms with Crippen molar-refractivity contribution in [1.82, 2.24) is 0 Å². The maximum Gasteiger partial charge on any atom is 0.303 e. The van der Waals surface area contributed by atoms with Gasteiger partial charge >= 0.3 is 5.97 Å². The summed E-state index contributed by atoms with van der Waals surface area (Å²) in [4.78, 5) is 22.8. The van der Waals surface area contributed by atoms with E-state index in [4.69, 9.17) is 15.1 Å². The summed E-state index contributed by atoms with van der Waals surface area (Å²) in [7, 11) is 0. The third-order valence-corrected chi connectivity index (χ3v) is 7.16. The topological polar surface area (TPSA) is 65.3 Å². The summed E-state index contributed by atoms with van der Waals surface area (Å²) in [6.07, 6.45) is 13.1. The summed E-state index contributed by atoms with van der Waals surface area (Å²) in [6, 6.07) is 12.5. The Hall–Kier alpha value is -3.80. The number of carboxylic acids is 1. The zero-order valence-corrected chi connectivity index (χ0v) is 21.0. The van der Waals surface area contributed by atoms with Gasteiger partial charge in [0.25, 0.3) is 0 Å². The smallest absolute Gasteiger partial charge is 0.303 e. The standard InChI is InChI=1S/C31H32FN3O2/c1-21-27-16-11-24(28-18-23(20-33-28)17-22-7-3-2-4-8-22)19-29(27)34-30(9-5-6-10-31(36)37)35(21)26-14-12-25(32)13-15-26/h3,7-8,11-16,19,23H,1-2,4-6,9-10,17-18,20H2,(H,36,37). The second-order valence-corrected chi connectivity index (χ2v) is 9.94. The number of allylic oxidation sites excluding steroid dienone is 4. The van der Waals surface area contributed by atoms with E-state index in [2.05, 4.69) is 43.0 Å². The monoisotopic (exact) mass is 497 g/mol. The van der Waals surface area contributed by atoms with Gasteiger partial charge in [-0.2, -0.15) is 0 Å². The van der Waals surface area contributed by atoms with E-state index in [0.717, 1.165) is 72.0 Å². The largest absolute Gasteiger partial charge is 0.481 e. The molecule has 0 fully saturated rings. The highest BCUT2D eigenvalue weighted by molar-refractivity contribution is 6.13. The van der Waals surface area contributed by atoms with E-state index in [1.54, 1.807) is 12.1 Å². The number of benzene rings is 2. The van der Waals surface area contributed by atoms with Crippen LogP contribution in [0.3, 0.4) is 0 Å². The van der Waals surface area contributed by atoms with Crippen LogP contribution in [0.5, 0.6) is 0 Å². The van der Waals surface area contributed by atoms with Crippen LogP contribution >= 0.6 is 0 Å². The van der Waals surface area contributed by atoms with Gasteiger partial charge in [-0.1, -0.05) is 42.5 Å². The van der Waals surface area contributed by atoms with Crippen LogP contribution in [-0.4, -0.2) is 29.2 Å². The lowest BCUT2D eigenvalue weighted by molar-refractivity contribution is -0.137. The van der Waals surface area contributed by atoms with Gasteiger partial charge < -0.3 is 5.11 Å². The van der Waals surface area contributed by atoms with Gasteiger partial charge in [0.05, 0.1) is 5.69 Å². The summed E-state index contributed by atoms with van der Waals surface area (Å²) in [5.74, 6) is 0.209. The number of fused-ring (bicyclic) bond motifs is 1. The first-order chi connectivity index (χ1) is 18.0. The number of carbonyl (C=O) groups is 1. The van der Waals surface area contributed by atoms with Crippen molar-refractivity contribution < 1.29 is 14.3 Å². The predicted molar refractivity (Wildman–Crippen MR) is 148 cm³/mol. The Balaban J connectivity index is 1.38. The molecule has 190 valence electrons. The molecule has 0 saturated heterocycles. The van der Waals surface area contributed by atoms with Crippen LogP contribution in [-0.2, 0) is 4.79 Å². The minimum atomic E-state index is -0.799. The summed E-state index contributed by atoms with van der Waals surface area (Å²) >= 11 is 0. The highest BCUT2D eigenvalue weighted by Gasteiger charge is 2.27. The minimum absolute atomic E-state index is 0.124. The van der Waals surface area contributed by atoms with Gasteiger partial charge in [0.1, 0.15) is 11.7 Å². The number of unbranched alkanes of at least 4 members (excludes halogenated alkanes) is 1. The number of amidine groups is 1. The first-order valence-electron chi connectivity index (χ1n) is 13.1. The second kappa shape index (κ2) is 11.1. The molecule has 3 aliphatic rings. The van der Waals surface area contributed by atoms with Crippen LogP contribution in [0.1, 0.15) is 62.5 Å². The van der Waals surface area contributed by atoms with E-state index in [1.165, 1.54) is 17.7 Å². The quantitative estimate of drug-likeness (QED) is 0.366. The van der Waals surface area contributed by atoms with Crippen molar-refractivity contribution >= 4 is 34.6 Å². The van der Waals surface area contributed by atoms with E-state index in [0.29, 0.717) is 25.2 Å². The Kier molecular flexibility index (Phi) is 7.45. The fourth-order valence-corrected chi connectivity index (χ4v) is 5.28. The van der Waals surface area contributed by atoms with Crippen LogP contribution in [0.2, 0.25) is 0 Å². The third-order valence-electron chi connectivity index (χ3n) is 7.16. The number of rotatable bonds is 9. The Morgan fingerprint density at radius 2 is 1.97 bits per heavy atom. The molecule has 0 bridgehead atoms. The van der Waals surface area contributed by atoms with Crippen LogP contribution < -0.4 is 4.90 Å². The Morgan fingerprint density at radius 1 is 1.14 bits per heavy atom. The summed E-state index contributed by atoms with van der Waals surface area (Å²) < 4.78 is 13.6. The number of aliphatic carboxylic acids is 1. The molecule has 0 radical (unpaired) electrons. The highest BCUT2D eigenvalue weighted by atomic mass is 19.1. The van der Waals surface area contributed by atoms with Gasteiger partial charge in [-0.15, -0.1) is 0 Å². The van der Waals surface area contributed by atoms with Crippen molar-refractivity contribution in [2.24, 2.45) is 15.9 Å². The van der Waals surface area contributed by atoms with Gasteiger partial charge in [0.2, 0.25) is 0 Å². The van der Waals surface area contributed by atoms with E-state index >= 15 is 0 Å². The second-order valence-electron chi connectivity index (χ2n) is 9.94. The predicted octanol–water partition coefficient (Wildman–Crippen LogP) is 7.47. The van der Waals surface area contributed by atoms with Crippen molar-refractivity contribution in [3.05, 3.63) is 89.8 Å². The number of aliphatic imine (C=N–C) groups is 2. The van der Waals surface area contributed by atoms with Gasteiger partial charge in [0, 0.05) is 42.0 Å². The van der Waals surface area contributed by atoms with Gasteiger partial charge in [-0.3, -0.25) is 14.7 Å². The van der Waals surface area contributed by atoms with Crippen LogP contribution in [0, 0.1) is 11.7 Å². The number of hydrogen-bond donors (Lipinski definition) is 1. The van der Waals surface area contributed by atoms with Crippen LogP contribution in [0.25, 0.3) is 5.70 Å². The Bertz CT molecular complexity index is 1320. The maximum atomic E-state index is 13.6. The molecule has 37 heavy (non-hydrogen) atoms. The van der Waals surface area contributed by atoms with E-state index in [1.807, 2.05) is 4.90 Å². The normalized spacial score (nSPS) is 18.8. The summed E-state index contributed by atoms with van der Waals surface area (Å²) in [5, 5.41) is 9.02. The zero-order valence-electron chi connectivity index (χ0n) is 21.0. The fourth-order valence-electron chi connectivity index (χ4n) is 5.28. The molecule has 2 aromatic carbocycles. The molecule has 1 N–H and O–H groups in total. The lowest BCUT2D eigenvalue weighted by Crippen LogP contribution is -2.31. The number of halogens is 1. The lowest BCUT2D eigenvalue weighted by Gasteiger charge is -2.33. The average molecular weight is 498 g/mol. The molecule has 0 aromatic heterocycles. The number of anilines is 1. The molecule has 2 aliphatic heterocycles. The summed E-state index contributed by atoms with van der Waals surface area (Å²) in [6.45, 7) is 5.21. The van der Waals surface area contributed by atoms with Gasteiger partial charge in [0.15, 0.2) is 0 Å². The molecule has 1 aliphatic carbocycles. The molecule has 1 unspecified atom stereocenters. The molecule has 5 rings (SSSR count). The fraction of sp³-hybridized carbons (Fsp3) is 0.323. The van der Waals surface area contributed by atoms with Crippen molar-refractivity contribution in [2.75, 3.05) is 11.4 Å². The van der Waals surface area contributed by atoms with E-state index < -0.39 is 5.97 Å². The van der Waals surface area contributed by atoms with Crippen molar-refractivity contribution in [3.8, 4) is 0 Å². The Morgan fingerprint density at radius 3 is 2.73 bits per heavy atom. The molecular formula is C31H32FN3O2. The molecule has 6 heteroatoms. The minimum Gasteiger partial charge on any atom is -0.481 e. The van der Waals surface area contributed by atoms with Crippen molar-refractivity contribution in [3.63, 3.8) is 0 Å². The summed E-state index contributed by atoms with van der Waals surface area (Å²) in [5.41, 5.74) is 6.97. The first-order valence-corrected chi connectivity index (χ1v) is 13.1. The highest BCUT2D eigenvalue weighted by Crippen LogP contribution is 2.39. The number of carboxylic acid groups (broad SMARTS) is 1. The van der Waals surface area contributed by atoms with Crippen LogP contribution in [0.4, 0.5) is 15.8 Å². The molecule has 2 aromatic rings. The molecule has 2 heterocycles. The van der Waals surface area contributed by atoms with Gasteiger partial charge in [-0.05, 0) is 80.3 Å². The molecule has 1 atom stereocenters. The maximum absolute atomic E-state index is 13.6. The molecule has 0 saturated carbocycles. The van der Waals surface area contributed by atoms with Crippen molar-refractivity contribution in [1.29, 1.82) is 0 Å². The number of hydrogen-bond acceptors (Lipinski definition) is 4. The number of nitrogens with zero attached hydrogens (tertiary/aromatic N) is 3. The molecule has 0 spiro atoms. The van der Waals surface area contributed by atoms with E-state index in [-0.39, 0.29) is 12.2 Å². The molecular weight excluding hydrogens is 465 g/mol. The molecule has 5 nitrogen and oxygen atoms in total. The lowest BCUT2D eigenvalue weighted by atomic mass is 9.91. The van der Waals surface area contributed by atoms with Crippen molar-refractivity contribution in [2.45, 2.75) is 51.4 Å². The average Bonchev–Trinajstić information content (AvgIpc) is 3.36. The first kappa shape index (κ1) is 24.9. The van der Waals surface area contributed by atoms with Crippen LogP contribution in [0.15, 0.2) is 82.8 Å².